The topological polar surface area (TPSA) is 84.6 Å². The summed E-state index contributed by atoms with van der Waals surface area (Å²) in [6, 6.07) is 0.128. The first-order valence-electron chi connectivity index (χ1n) is 8.80. The number of amides is 1. The Hall–Kier alpha value is -2.06. The third kappa shape index (κ3) is 4.32. The number of carbonyl (C=O) groups excluding carboxylic acids is 1. The molecule has 1 unspecified atom stereocenters. The van der Waals surface area contributed by atoms with Gasteiger partial charge in [-0.1, -0.05) is 0 Å². The maximum Gasteiger partial charge on any atom is 0.252 e. The molecule has 1 amide bonds. The number of morpholine rings is 1. The molecular weight excluding hydrogens is 320 g/mol. The first-order chi connectivity index (χ1) is 12.0. The van der Waals surface area contributed by atoms with Crippen molar-refractivity contribution < 1.29 is 9.53 Å². The molecule has 0 aliphatic carbocycles. The molecule has 1 aliphatic heterocycles. The van der Waals surface area contributed by atoms with E-state index in [2.05, 4.69) is 25.3 Å². The van der Waals surface area contributed by atoms with Crippen molar-refractivity contribution in [3.05, 3.63) is 23.3 Å². The van der Waals surface area contributed by atoms with Crippen LogP contribution >= 0.6 is 0 Å². The van der Waals surface area contributed by atoms with Crippen molar-refractivity contribution in [2.45, 2.75) is 39.7 Å². The molecule has 1 saturated heterocycles. The molecule has 0 saturated carbocycles. The zero-order valence-corrected chi connectivity index (χ0v) is 15.2. The first-order valence-corrected chi connectivity index (χ1v) is 8.80. The highest BCUT2D eigenvalue weighted by molar-refractivity contribution is 5.76. The van der Waals surface area contributed by atoms with Crippen molar-refractivity contribution in [2.75, 3.05) is 32.8 Å². The second-order valence-electron chi connectivity index (χ2n) is 6.61. The summed E-state index contributed by atoms with van der Waals surface area (Å²) in [5.74, 6) is 0.667. The van der Waals surface area contributed by atoms with Crippen LogP contribution in [-0.4, -0.2) is 69.3 Å². The normalized spacial score (nSPS) is 16.9. The van der Waals surface area contributed by atoms with Gasteiger partial charge in [0.1, 0.15) is 6.33 Å². The zero-order valence-electron chi connectivity index (χ0n) is 15.2. The molecule has 1 atom stereocenters. The number of fused-ring (bicyclic) bond motifs is 1. The van der Waals surface area contributed by atoms with Crippen LogP contribution in [0.15, 0.2) is 6.33 Å². The lowest BCUT2D eigenvalue weighted by atomic mass is 10.1. The number of aromatic nitrogens is 4. The van der Waals surface area contributed by atoms with E-state index < -0.39 is 0 Å². The van der Waals surface area contributed by atoms with Gasteiger partial charge in [0.05, 0.1) is 13.2 Å². The molecule has 0 spiro atoms. The van der Waals surface area contributed by atoms with Crippen molar-refractivity contribution in [3.8, 4) is 0 Å². The summed E-state index contributed by atoms with van der Waals surface area (Å²) in [7, 11) is 0. The van der Waals surface area contributed by atoms with Crippen molar-refractivity contribution in [1.82, 2.24) is 29.8 Å². The van der Waals surface area contributed by atoms with Crippen molar-refractivity contribution >= 4 is 11.7 Å². The van der Waals surface area contributed by atoms with Crippen molar-refractivity contribution in [1.29, 1.82) is 0 Å². The maximum absolute atomic E-state index is 12.3. The predicted octanol–water partition coefficient (Wildman–Crippen LogP) is 0.511. The van der Waals surface area contributed by atoms with Crippen LogP contribution in [0.5, 0.6) is 0 Å². The van der Waals surface area contributed by atoms with E-state index >= 15 is 0 Å². The highest BCUT2D eigenvalue weighted by Gasteiger charge is 2.16. The summed E-state index contributed by atoms with van der Waals surface area (Å²) in [6.07, 6.45) is 2.59. The van der Waals surface area contributed by atoms with Gasteiger partial charge in [0.25, 0.3) is 5.78 Å². The van der Waals surface area contributed by atoms with E-state index in [0.29, 0.717) is 18.6 Å². The van der Waals surface area contributed by atoms with Crippen LogP contribution in [0.25, 0.3) is 5.78 Å². The third-order valence-corrected chi connectivity index (χ3v) is 4.63. The van der Waals surface area contributed by atoms with Crippen LogP contribution < -0.4 is 5.32 Å². The Morgan fingerprint density at radius 3 is 2.88 bits per heavy atom. The molecule has 2 aromatic heterocycles. The van der Waals surface area contributed by atoms with Gasteiger partial charge in [0.2, 0.25) is 5.91 Å². The van der Waals surface area contributed by atoms with Gasteiger partial charge in [0.15, 0.2) is 0 Å². The van der Waals surface area contributed by atoms with Crippen molar-refractivity contribution in [3.63, 3.8) is 0 Å². The molecule has 25 heavy (non-hydrogen) atoms. The number of carbonyl (C=O) groups is 1. The highest BCUT2D eigenvalue weighted by atomic mass is 16.5. The Bertz CT molecular complexity index is 738. The average Bonchev–Trinajstić information content (AvgIpc) is 3.03. The Labute approximate surface area is 147 Å². The molecule has 1 aliphatic rings. The molecule has 1 fully saturated rings. The largest absolute Gasteiger partial charge is 0.379 e. The maximum atomic E-state index is 12.3. The van der Waals surface area contributed by atoms with Crippen LogP contribution in [0, 0.1) is 13.8 Å². The van der Waals surface area contributed by atoms with Gasteiger partial charge in [-0.05, 0) is 32.8 Å². The number of nitrogens with zero attached hydrogens (tertiary/aromatic N) is 5. The summed E-state index contributed by atoms with van der Waals surface area (Å²) < 4.78 is 7.07. The zero-order chi connectivity index (χ0) is 17.8. The first kappa shape index (κ1) is 17.8. The molecule has 136 valence electrons. The summed E-state index contributed by atoms with van der Waals surface area (Å²) in [4.78, 5) is 23.2. The molecule has 0 radical (unpaired) electrons. The van der Waals surface area contributed by atoms with Gasteiger partial charge in [-0.15, -0.1) is 0 Å². The minimum Gasteiger partial charge on any atom is -0.379 e. The Kier molecular flexibility index (Phi) is 5.60. The molecule has 3 rings (SSSR count). The van der Waals surface area contributed by atoms with Crippen LogP contribution in [0.4, 0.5) is 0 Å². The van der Waals surface area contributed by atoms with Crippen molar-refractivity contribution in [2.24, 2.45) is 0 Å². The Morgan fingerprint density at radius 2 is 2.12 bits per heavy atom. The fourth-order valence-corrected chi connectivity index (χ4v) is 3.32. The van der Waals surface area contributed by atoms with Gasteiger partial charge >= 0.3 is 0 Å². The lowest BCUT2D eigenvalue weighted by molar-refractivity contribution is -0.121. The second kappa shape index (κ2) is 7.88. The number of rotatable bonds is 6. The fraction of sp³-hybridized carbons (Fsp3) is 0.647. The average molecular weight is 346 g/mol. The molecule has 3 heterocycles. The molecule has 8 nitrogen and oxygen atoms in total. The minimum atomic E-state index is 0.0678. The monoisotopic (exact) mass is 346 g/mol. The van der Waals surface area contributed by atoms with Gasteiger partial charge in [-0.2, -0.15) is 10.1 Å². The summed E-state index contributed by atoms with van der Waals surface area (Å²) >= 11 is 0. The summed E-state index contributed by atoms with van der Waals surface area (Å²) in [5.41, 5.74) is 2.97. The third-order valence-electron chi connectivity index (χ3n) is 4.63. The smallest absolute Gasteiger partial charge is 0.252 e. The lowest BCUT2D eigenvalue weighted by Gasteiger charge is -2.29. The molecular formula is C17H26N6O2. The molecule has 8 heteroatoms. The Morgan fingerprint density at radius 1 is 1.36 bits per heavy atom. The van der Waals surface area contributed by atoms with Crippen LogP contribution in [-0.2, 0) is 16.0 Å². The van der Waals surface area contributed by atoms with E-state index in [0.717, 1.165) is 49.8 Å². The SMILES string of the molecule is Cc1nc2ncnn2c(C)c1CCC(=O)NC(C)CN1CCOCC1. The molecule has 0 bridgehead atoms. The Balaban J connectivity index is 1.53. The van der Waals surface area contributed by atoms with E-state index in [1.54, 1.807) is 4.52 Å². The summed E-state index contributed by atoms with van der Waals surface area (Å²) in [6.45, 7) is 10.3. The van der Waals surface area contributed by atoms with E-state index in [1.165, 1.54) is 6.33 Å². The van der Waals surface area contributed by atoms with Gasteiger partial charge < -0.3 is 10.1 Å². The number of hydrogen-bond acceptors (Lipinski definition) is 6. The lowest BCUT2D eigenvalue weighted by Crippen LogP contribution is -2.46. The molecule has 0 aromatic carbocycles. The van der Waals surface area contributed by atoms with E-state index in [1.807, 2.05) is 20.8 Å². The van der Waals surface area contributed by atoms with Crippen LogP contribution in [0.2, 0.25) is 0 Å². The molecule has 1 N–H and O–H groups in total. The number of hydrogen-bond donors (Lipinski definition) is 1. The molecule has 2 aromatic rings. The quantitative estimate of drug-likeness (QED) is 0.820. The highest BCUT2D eigenvalue weighted by Crippen LogP contribution is 2.14. The minimum absolute atomic E-state index is 0.0678. The number of ether oxygens (including phenoxy) is 1. The van der Waals surface area contributed by atoms with Gasteiger partial charge in [-0.3, -0.25) is 9.69 Å². The number of aryl methyl sites for hydroxylation is 2. The summed E-state index contributed by atoms with van der Waals surface area (Å²) in [5, 5.41) is 7.28. The van der Waals surface area contributed by atoms with E-state index in [9.17, 15) is 4.79 Å². The second-order valence-corrected chi connectivity index (χ2v) is 6.61. The van der Waals surface area contributed by atoms with E-state index in [4.69, 9.17) is 4.74 Å². The van der Waals surface area contributed by atoms with Gasteiger partial charge in [-0.25, -0.2) is 9.50 Å². The van der Waals surface area contributed by atoms with Gasteiger partial charge in [0, 0.05) is 43.5 Å². The number of nitrogens with one attached hydrogen (secondary N) is 1. The van der Waals surface area contributed by atoms with Crippen LogP contribution in [0.3, 0.4) is 0 Å². The predicted molar refractivity (Wildman–Crippen MR) is 93.4 cm³/mol. The fourth-order valence-electron chi connectivity index (χ4n) is 3.32. The standard InChI is InChI=1S/C17H26N6O2/c1-12(10-22-6-8-25-9-7-22)20-16(24)5-4-15-13(2)21-17-18-11-19-23(17)14(15)3/h11-12H,4-10H2,1-3H3,(H,20,24). The van der Waals surface area contributed by atoms with E-state index in [-0.39, 0.29) is 11.9 Å². The van der Waals surface area contributed by atoms with Crippen LogP contribution in [0.1, 0.15) is 30.3 Å².